The van der Waals surface area contributed by atoms with Crippen LogP contribution >= 0.6 is 15.9 Å². The highest BCUT2D eigenvalue weighted by Gasteiger charge is 2.12. The molecule has 0 aliphatic rings. The Morgan fingerprint density at radius 1 is 1.15 bits per heavy atom. The Labute approximate surface area is 124 Å². The first-order chi connectivity index (χ1) is 9.49. The van der Waals surface area contributed by atoms with E-state index in [2.05, 4.69) is 21.2 Å². The van der Waals surface area contributed by atoms with Crippen LogP contribution in [0.15, 0.2) is 40.9 Å². The van der Waals surface area contributed by atoms with Crippen LogP contribution in [-0.4, -0.2) is 7.11 Å². The largest absolute Gasteiger partial charge is 0.497 e. The van der Waals surface area contributed by atoms with Gasteiger partial charge in [-0.3, -0.25) is 0 Å². The summed E-state index contributed by atoms with van der Waals surface area (Å²) in [6.45, 7) is 1.81. The van der Waals surface area contributed by atoms with Gasteiger partial charge in [0.2, 0.25) is 0 Å². The highest BCUT2D eigenvalue weighted by Crippen LogP contribution is 2.28. The number of hydrogen-bond donors (Lipinski definition) is 1. The molecule has 0 heterocycles. The zero-order valence-electron chi connectivity index (χ0n) is 11.1. The van der Waals surface area contributed by atoms with E-state index in [4.69, 9.17) is 4.74 Å². The minimum absolute atomic E-state index is 0.297. The standard InChI is InChI=1S/C15H14BrF2NO/c1-9(14-4-3-11(17)7-15(14)18)19-12-5-10(16)6-13(8-12)20-2/h3-9,19H,1-2H3. The summed E-state index contributed by atoms with van der Waals surface area (Å²) in [5.41, 5.74) is 1.19. The molecule has 20 heavy (non-hydrogen) atoms. The second-order valence-electron chi connectivity index (χ2n) is 4.41. The second-order valence-corrected chi connectivity index (χ2v) is 5.33. The zero-order valence-corrected chi connectivity index (χ0v) is 12.7. The Hall–Kier alpha value is -1.62. The van der Waals surface area contributed by atoms with E-state index in [1.807, 2.05) is 25.1 Å². The predicted molar refractivity (Wildman–Crippen MR) is 79.1 cm³/mol. The van der Waals surface area contributed by atoms with E-state index in [1.165, 1.54) is 12.1 Å². The normalized spacial score (nSPS) is 12.1. The summed E-state index contributed by atoms with van der Waals surface area (Å²) in [6.07, 6.45) is 0. The molecule has 106 valence electrons. The minimum Gasteiger partial charge on any atom is -0.497 e. The number of benzene rings is 2. The molecule has 0 aliphatic carbocycles. The lowest BCUT2D eigenvalue weighted by Gasteiger charge is -2.17. The summed E-state index contributed by atoms with van der Waals surface area (Å²) in [6, 6.07) is 8.77. The van der Waals surface area contributed by atoms with E-state index in [0.29, 0.717) is 11.3 Å². The van der Waals surface area contributed by atoms with Crippen molar-refractivity contribution in [3.63, 3.8) is 0 Å². The van der Waals surface area contributed by atoms with E-state index in [9.17, 15) is 8.78 Å². The van der Waals surface area contributed by atoms with Gasteiger partial charge in [0.05, 0.1) is 13.2 Å². The van der Waals surface area contributed by atoms with Gasteiger partial charge in [-0.05, 0) is 25.1 Å². The molecular formula is C15H14BrF2NO. The van der Waals surface area contributed by atoms with Crippen molar-refractivity contribution in [2.45, 2.75) is 13.0 Å². The van der Waals surface area contributed by atoms with Gasteiger partial charge in [0.1, 0.15) is 17.4 Å². The van der Waals surface area contributed by atoms with Gasteiger partial charge in [0.15, 0.2) is 0 Å². The number of hydrogen-bond acceptors (Lipinski definition) is 2. The molecule has 0 spiro atoms. The molecule has 0 fully saturated rings. The van der Waals surface area contributed by atoms with Crippen LogP contribution in [0.1, 0.15) is 18.5 Å². The van der Waals surface area contributed by atoms with Crippen molar-refractivity contribution in [3.8, 4) is 5.75 Å². The molecule has 1 atom stereocenters. The van der Waals surface area contributed by atoms with Gasteiger partial charge in [0, 0.05) is 27.9 Å². The first-order valence-electron chi connectivity index (χ1n) is 6.05. The summed E-state index contributed by atoms with van der Waals surface area (Å²) in [5, 5.41) is 3.16. The fourth-order valence-electron chi connectivity index (χ4n) is 1.94. The Bertz CT molecular complexity index is 619. The van der Waals surface area contributed by atoms with Gasteiger partial charge < -0.3 is 10.1 Å². The van der Waals surface area contributed by atoms with Gasteiger partial charge in [-0.1, -0.05) is 22.0 Å². The molecule has 1 N–H and O–H groups in total. The Morgan fingerprint density at radius 2 is 1.90 bits per heavy atom. The molecule has 0 saturated heterocycles. The van der Waals surface area contributed by atoms with Gasteiger partial charge in [0.25, 0.3) is 0 Å². The fraction of sp³-hybridized carbons (Fsp3) is 0.200. The van der Waals surface area contributed by atoms with Crippen molar-refractivity contribution >= 4 is 21.6 Å². The van der Waals surface area contributed by atoms with Crippen LogP contribution in [0.4, 0.5) is 14.5 Å². The maximum Gasteiger partial charge on any atom is 0.131 e. The van der Waals surface area contributed by atoms with E-state index in [0.717, 1.165) is 16.2 Å². The first-order valence-corrected chi connectivity index (χ1v) is 6.85. The average Bonchev–Trinajstić information content (AvgIpc) is 2.37. The Morgan fingerprint density at radius 3 is 2.55 bits per heavy atom. The van der Waals surface area contributed by atoms with Gasteiger partial charge in [-0.2, -0.15) is 0 Å². The highest BCUT2D eigenvalue weighted by atomic mass is 79.9. The summed E-state index contributed by atoms with van der Waals surface area (Å²) in [5.74, 6) is -0.455. The van der Waals surface area contributed by atoms with Gasteiger partial charge in [-0.15, -0.1) is 0 Å². The first kappa shape index (κ1) is 14.8. The predicted octanol–water partition coefficient (Wildman–Crippen LogP) is 4.91. The van der Waals surface area contributed by atoms with Crippen LogP contribution in [0.25, 0.3) is 0 Å². The van der Waals surface area contributed by atoms with Crippen LogP contribution in [-0.2, 0) is 0 Å². The molecule has 2 rings (SSSR count). The van der Waals surface area contributed by atoms with Gasteiger partial charge >= 0.3 is 0 Å². The van der Waals surface area contributed by atoms with Crippen molar-refractivity contribution in [3.05, 3.63) is 58.1 Å². The van der Waals surface area contributed by atoms with E-state index in [-0.39, 0.29) is 6.04 Å². The molecule has 0 radical (unpaired) electrons. The lowest BCUT2D eigenvalue weighted by atomic mass is 10.1. The third-order valence-corrected chi connectivity index (χ3v) is 3.38. The summed E-state index contributed by atoms with van der Waals surface area (Å²) in [4.78, 5) is 0. The van der Waals surface area contributed by atoms with Crippen LogP contribution in [0.2, 0.25) is 0 Å². The maximum absolute atomic E-state index is 13.7. The van der Waals surface area contributed by atoms with Crippen LogP contribution in [0, 0.1) is 11.6 Å². The molecule has 2 aromatic rings. The molecule has 0 saturated carbocycles. The van der Waals surface area contributed by atoms with Crippen LogP contribution < -0.4 is 10.1 Å². The second kappa shape index (κ2) is 6.22. The molecule has 2 aromatic carbocycles. The molecule has 0 bridgehead atoms. The summed E-state index contributed by atoms with van der Waals surface area (Å²) < 4.78 is 32.6. The van der Waals surface area contributed by atoms with E-state index in [1.54, 1.807) is 7.11 Å². The lowest BCUT2D eigenvalue weighted by Crippen LogP contribution is -2.09. The molecular weight excluding hydrogens is 328 g/mol. The average molecular weight is 342 g/mol. The van der Waals surface area contributed by atoms with Crippen molar-refractivity contribution in [1.82, 2.24) is 0 Å². The maximum atomic E-state index is 13.7. The molecule has 0 amide bonds. The molecule has 1 unspecified atom stereocenters. The third kappa shape index (κ3) is 3.48. The number of halogens is 3. The van der Waals surface area contributed by atoms with Crippen LogP contribution in [0.3, 0.4) is 0 Å². The smallest absolute Gasteiger partial charge is 0.131 e. The molecule has 0 aliphatic heterocycles. The van der Waals surface area contributed by atoms with Crippen molar-refractivity contribution < 1.29 is 13.5 Å². The Kier molecular flexibility index (Phi) is 4.60. The number of nitrogens with one attached hydrogen (secondary N) is 1. The Balaban J connectivity index is 2.22. The number of anilines is 1. The lowest BCUT2D eigenvalue weighted by molar-refractivity contribution is 0.414. The highest BCUT2D eigenvalue weighted by molar-refractivity contribution is 9.10. The fourth-order valence-corrected chi connectivity index (χ4v) is 2.42. The van der Waals surface area contributed by atoms with Crippen molar-refractivity contribution in [2.24, 2.45) is 0 Å². The topological polar surface area (TPSA) is 21.3 Å². The zero-order chi connectivity index (χ0) is 14.7. The van der Waals surface area contributed by atoms with Gasteiger partial charge in [-0.25, -0.2) is 8.78 Å². The molecule has 5 heteroatoms. The quantitative estimate of drug-likeness (QED) is 0.853. The molecule has 2 nitrogen and oxygen atoms in total. The molecule has 0 aromatic heterocycles. The van der Waals surface area contributed by atoms with Crippen molar-refractivity contribution in [1.29, 1.82) is 0 Å². The summed E-state index contributed by atoms with van der Waals surface area (Å²) >= 11 is 3.38. The number of rotatable bonds is 4. The van der Waals surface area contributed by atoms with E-state index < -0.39 is 11.6 Å². The summed E-state index contributed by atoms with van der Waals surface area (Å²) in [7, 11) is 1.58. The third-order valence-electron chi connectivity index (χ3n) is 2.92. The number of methoxy groups -OCH3 is 1. The monoisotopic (exact) mass is 341 g/mol. The van der Waals surface area contributed by atoms with Crippen molar-refractivity contribution in [2.75, 3.05) is 12.4 Å². The minimum atomic E-state index is -0.581. The van der Waals surface area contributed by atoms with E-state index >= 15 is 0 Å². The SMILES string of the molecule is COc1cc(Br)cc(NC(C)c2ccc(F)cc2F)c1. The van der Waals surface area contributed by atoms with Crippen LogP contribution in [0.5, 0.6) is 5.75 Å². The number of ether oxygens (including phenoxy) is 1.